The Morgan fingerprint density at radius 2 is 2.00 bits per heavy atom. The lowest BCUT2D eigenvalue weighted by atomic mass is 10.1. The minimum atomic E-state index is -0.305. The number of ether oxygens (including phenoxy) is 1. The van der Waals surface area contributed by atoms with E-state index in [1.165, 1.54) is 7.11 Å². The molecule has 6 nitrogen and oxygen atoms in total. The summed E-state index contributed by atoms with van der Waals surface area (Å²) >= 11 is 0. The summed E-state index contributed by atoms with van der Waals surface area (Å²) in [6.07, 6.45) is 7.45. The number of carbonyl (C=O) groups is 1. The summed E-state index contributed by atoms with van der Waals surface area (Å²) < 4.78 is 6.97. The van der Waals surface area contributed by atoms with Crippen molar-refractivity contribution in [3.8, 4) is 11.4 Å². The van der Waals surface area contributed by atoms with E-state index >= 15 is 0 Å². The molecule has 0 aliphatic rings. The minimum absolute atomic E-state index is 0.213. The van der Waals surface area contributed by atoms with E-state index in [2.05, 4.69) is 22.0 Å². The Labute approximate surface area is 152 Å². The van der Waals surface area contributed by atoms with Gasteiger partial charge in [0.15, 0.2) is 11.4 Å². The quantitative estimate of drug-likeness (QED) is 0.665. The van der Waals surface area contributed by atoms with Crippen LogP contribution < -0.4 is 10.1 Å². The number of hydrogen-bond acceptors (Lipinski definition) is 4. The number of para-hydroxylation sites is 1. The summed E-state index contributed by atoms with van der Waals surface area (Å²) in [4.78, 5) is 16.8. The first-order valence-corrected chi connectivity index (χ1v) is 8.23. The third-order valence-corrected chi connectivity index (χ3v) is 3.95. The van der Waals surface area contributed by atoms with Crippen molar-refractivity contribution in [2.75, 3.05) is 7.11 Å². The fourth-order valence-corrected chi connectivity index (χ4v) is 2.65. The summed E-state index contributed by atoms with van der Waals surface area (Å²) in [5.74, 6) is 0.110. The van der Waals surface area contributed by atoms with E-state index in [1.54, 1.807) is 29.3 Å². The highest BCUT2D eigenvalue weighted by Gasteiger charge is 2.21. The van der Waals surface area contributed by atoms with Crippen molar-refractivity contribution in [3.63, 3.8) is 0 Å². The lowest BCUT2D eigenvalue weighted by Gasteiger charge is -2.17. The number of hydrogen-bond donors (Lipinski definition) is 1. The molecule has 0 radical (unpaired) electrons. The van der Waals surface area contributed by atoms with Gasteiger partial charge in [-0.3, -0.25) is 9.78 Å². The molecular weight excluding hydrogens is 328 g/mol. The maximum absolute atomic E-state index is 12.8. The summed E-state index contributed by atoms with van der Waals surface area (Å²) in [6, 6.07) is 13.1. The van der Waals surface area contributed by atoms with Crippen molar-refractivity contribution in [2.24, 2.45) is 0 Å². The molecule has 2 heterocycles. The summed E-state index contributed by atoms with van der Waals surface area (Å²) in [5, 5.41) is 7.40. The molecular formula is C20H20N4O2. The smallest absolute Gasteiger partial charge is 0.276 e. The van der Waals surface area contributed by atoms with Crippen LogP contribution in [0.5, 0.6) is 5.75 Å². The maximum Gasteiger partial charge on any atom is 0.276 e. The molecule has 0 unspecified atom stereocenters. The summed E-state index contributed by atoms with van der Waals surface area (Å²) in [7, 11) is 1.52. The Hall–Kier alpha value is -3.41. The van der Waals surface area contributed by atoms with E-state index in [0.717, 1.165) is 11.3 Å². The van der Waals surface area contributed by atoms with Gasteiger partial charge in [-0.15, -0.1) is 6.58 Å². The standard InChI is InChI=1S/C20H20N4O2/c1-3-7-17(15-10-12-21-13-11-15)22-20(25)19-18(26-2)14-24(23-19)16-8-5-4-6-9-16/h3-6,8-14,17H,1,7H2,2H3,(H,22,25)/t17-/m0/s1. The van der Waals surface area contributed by atoms with Gasteiger partial charge in [-0.1, -0.05) is 24.3 Å². The zero-order chi connectivity index (χ0) is 18.4. The Morgan fingerprint density at radius 1 is 1.27 bits per heavy atom. The van der Waals surface area contributed by atoms with E-state index in [0.29, 0.717) is 12.2 Å². The van der Waals surface area contributed by atoms with Crippen molar-refractivity contribution < 1.29 is 9.53 Å². The Morgan fingerprint density at radius 3 is 2.65 bits per heavy atom. The molecule has 6 heteroatoms. The Balaban J connectivity index is 1.86. The molecule has 0 aliphatic carbocycles. The Bertz CT molecular complexity index is 875. The van der Waals surface area contributed by atoms with Crippen LogP contribution in [-0.2, 0) is 0 Å². The molecule has 0 fully saturated rings. The van der Waals surface area contributed by atoms with Crippen molar-refractivity contribution >= 4 is 5.91 Å². The molecule has 2 aromatic heterocycles. The fraction of sp³-hybridized carbons (Fsp3) is 0.150. The lowest BCUT2D eigenvalue weighted by Crippen LogP contribution is -2.29. The zero-order valence-corrected chi connectivity index (χ0v) is 14.5. The van der Waals surface area contributed by atoms with Crippen LogP contribution in [0.25, 0.3) is 5.69 Å². The number of nitrogens with one attached hydrogen (secondary N) is 1. The minimum Gasteiger partial charge on any atom is -0.493 e. The number of amides is 1. The van der Waals surface area contributed by atoms with E-state index in [1.807, 2.05) is 42.5 Å². The van der Waals surface area contributed by atoms with Crippen LogP contribution in [0.15, 0.2) is 73.7 Å². The SMILES string of the molecule is C=CC[C@H](NC(=O)c1nn(-c2ccccc2)cc1OC)c1ccncc1. The van der Waals surface area contributed by atoms with Gasteiger partial charge in [0.05, 0.1) is 25.0 Å². The first kappa shape index (κ1) is 17.4. The van der Waals surface area contributed by atoms with Gasteiger partial charge in [0.2, 0.25) is 0 Å². The van der Waals surface area contributed by atoms with Gasteiger partial charge in [0.1, 0.15) is 0 Å². The average Bonchev–Trinajstić information content (AvgIpc) is 3.13. The zero-order valence-electron chi connectivity index (χ0n) is 14.5. The highest BCUT2D eigenvalue weighted by molar-refractivity contribution is 5.95. The molecule has 0 bridgehead atoms. The predicted molar refractivity (Wildman–Crippen MR) is 99.4 cm³/mol. The van der Waals surface area contributed by atoms with E-state index in [9.17, 15) is 4.79 Å². The molecule has 1 atom stereocenters. The van der Waals surface area contributed by atoms with Crippen LogP contribution in [0.4, 0.5) is 0 Å². The summed E-state index contributed by atoms with van der Waals surface area (Å²) in [5.41, 5.74) is 2.04. The van der Waals surface area contributed by atoms with Crippen molar-refractivity contribution in [3.05, 3.63) is 85.0 Å². The Kier molecular flexibility index (Phi) is 5.43. The molecule has 3 aromatic rings. The van der Waals surface area contributed by atoms with Crippen LogP contribution in [0.3, 0.4) is 0 Å². The van der Waals surface area contributed by atoms with Crippen LogP contribution in [0.2, 0.25) is 0 Å². The molecule has 0 aliphatic heterocycles. The molecule has 3 rings (SSSR count). The number of rotatable bonds is 7. The van der Waals surface area contributed by atoms with Crippen LogP contribution in [-0.4, -0.2) is 27.8 Å². The highest BCUT2D eigenvalue weighted by atomic mass is 16.5. The first-order valence-electron chi connectivity index (χ1n) is 8.23. The second-order valence-corrected chi connectivity index (χ2v) is 5.66. The van der Waals surface area contributed by atoms with Crippen molar-refractivity contribution in [2.45, 2.75) is 12.5 Å². The van der Waals surface area contributed by atoms with Crippen molar-refractivity contribution in [1.82, 2.24) is 20.1 Å². The van der Waals surface area contributed by atoms with Gasteiger partial charge in [-0.2, -0.15) is 5.10 Å². The molecule has 1 aromatic carbocycles. The topological polar surface area (TPSA) is 69.0 Å². The molecule has 1 amide bonds. The monoisotopic (exact) mass is 348 g/mol. The number of carbonyl (C=O) groups excluding carboxylic acids is 1. The molecule has 0 saturated heterocycles. The molecule has 1 N–H and O–H groups in total. The second-order valence-electron chi connectivity index (χ2n) is 5.66. The van der Waals surface area contributed by atoms with Gasteiger partial charge < -0.3 is 10.1 Å². The van der Waals surface area contributed by atoms with Gasteiger partial charge in [-0.05, 0) is 36.2 Å². The van der Waals surface area contributed by atoms with Gasteiger partial charge in [0.25, 0.3) is 5.91 Å². The maximum atomic E-state index is 12.8. The predicted octanol–water partition coefficient (Wildman–Crippen LogP) is 3.32. The molecule has 26 heavy (non-hydrogen) atoms. The number of aromatic nitrogens is 3. The van der Waals surface area contributed by atoms with Crippen molar-refractivity contribution in [1.29, 1.82) is 0 Å². The molecule has 0 spiro atoms. The van der Waals surface area contributed by atoms with Gasteiger partial charge in [-0.25, -0.2) is 4.68 Å². The number of nitrogens with zero attached hydrogens (tertiary/aromatic N) is 3. The third-order valence-electron chi connectivity index (χ3n) is 3.95. The molecule has 132 valence electrons. The van der Waals surface area contributed by atoms with Gasteiger partial charge in [0, 0.05) is 12.4 Å². The third kappa shape index (κ3) is 3.80. The highest BCUT2D eigenvalue weighted by Crippen LogP contribution is 2.22. The fourth-order valence-electron chi connectivity index (χ4n) is 2.65. The normalized spacial score (nSPS) is 11.6. The number of benzene rings is 1. The second kappa shape index (κ2) is 8.11. The average molecular weight is 348 g/mol. The van der Waals surface area contributed by atoms with Crippen LogP contribution in [0, 0.1) is 0 Å². The molecule has 0 saturated carbocycles. The largest absolute Gasteiger partial charge is 0.493 e. The summed E-state index contributed by atoms with van der Waals surface area (Å²) in [6.45, 7) is 3.77. The van der Waals surface area contributed by atoms with E-state index in [4.69, 9.17) is 4.74 Å². The number of pyridine rings is 1. The van der Waals surface area contributed by atoms with E-state index < -0.39 is 0 Å². The first-order chi connectivity index (χ1) is 12.7. The van der Waals surface area contributed by atoms with Crippen LogP contribution >= 0.6 is 0 Å². The van der Waals surface area contributed by atoms with E-state index in [-0.39, 0.29) is 17.6 Å². The number of methoxy groups -OCH3 is 1. The van der Waals surface area contributed by atoms with Gasteiger partial charge >= 0.3 is 0 Å². The lowest BCUT2D eigenvalue weighted by molar-refractivity contribution is 0.0928. The van der Waals surface area contributed by atoms with Crippen LogP contribution in [0.1, 0.15) is 28.5 Å².